The number of benzene rings is 1. The van der Waals surface area contributed by atoms with Crippen LogP contribution in [0.4, 0.5) is 0 Å². The number of furan rings is 1. The first-order valence-electron chi connectivity index (χ1n) is 9.37. The van der Waals surface area contributed by atoms with E-state index in [-0.39, 0.29) is 11.8 Å². The second-order valence-electron chi connectivity index (χ2n) is 6.84. The van der Waals surface area contributed by atoms with E-state index in [1.165, 1.54) is 6.26 Å². The molecule has 7 heteroatoms. The lowest BCUT2D eigenvalue weighted by Gasteiger charge is -2.21. The molecule has 0 aliphatic carbocycles. The van der Waals surface area contributed by atoms with Crippen LogP contribution in [0.3, 0.4) is 0 Å². The van der Waals surface area contributed by atoms with E-state index in [0.29, 0.717) is 49.9 Å². The number of hydrogen-bond acceptors (Lipinski definition) is 4. The van der Waals surface area contributed by atoms with Crippen molar-refractivity contribution in [1.29, 1.82) is 0 Å². The van der Waals surface area contributed by atoms with Crippen molar-refractivity contribution in [3.63, 3.8) is 0 Å². The Morgan fingerprint density at radius 2 is 1.68 bits per heavy atom. The summed E-state index contributed by atoms with van der Waals surface area (Å²) in [6, 6.07) is 13.1. The summed E-state index contributed by atoms with van der Waals surface area (Å²) in [7, 11) is 0. The van der Waals surface area contributed by atoms with Crippen LogP contribution in [0.15, 0.2) is 53.1 Å². The van der Waals surface area contributed by atoms with E-state index < -0.39 is 0 Å². The fourth-order valence-electron chi connectivity index (χ4n) is 3.43. The van der Waals surface area contributed by atoms with Crippen LogP contribution in [0.25, 0.3) is 11.4 Å². The number of amides is 2. The highest BCUT2D eigenvalue weighted by Gasteiger charge is 2.27. The van der Waals surface area contributed by atoms with Crippen LogP contribution in [-0.2, 0) is 0 Å². The van der Waals surface area contributed by atoms with Crippen molar-refractivity contribution < 1.29 is 14.0 Å². The number of nitrogens with zero attached hydrogens (tertiary/aromatic N) is 3. The van der Waals surface area contributed by atoms with E-state index in [4.69, 9.17) is 4.42 Å². The van der Waals surface area contributed by atoms with Crippen molar-refractivity contribution in [2.24, 2.45) is 0 Å². The maximum atomic E-state index is 13.0. The first kappa shape index (κ1) is 18.0. The summed E-state index contributed by atoms with van der Waals surface area (Å²) >= 11 is 0. The Hall–Kier alpha value is -3.35. The van der Waals surface area contributed by atoms with Gasteiger partial charge in [-0.3, -0.25) is 9.59 Å². The third kappa shape index (κ3) is 3.55. The number of H-pyrrole nitrogens is 1. The molecule has 3 heterocycles. The number of aromatic nitrogens is 2. The lowest BCUT2D eigenvalue weighted by Crippen LogP contribution is -2.37. The molecule has 2 amide bonds. The molecule has 1 saturated heterocycles. The molecular formula is C21H22N4O3. The summed E-state index contributed by atoms with van der Waals surface area (Å²) in [5.74, 6) is 0.770. The van der Waals surface area contributed by atoms with Gasteiger partial charge >= 0.3 is 0 Å². The Balaban J connectivity index is 1.47. The SMILES string of the molecule is Cc1[nH]c(-c2ccccc2)nc1C(=O)N1CCCN(C(=O)c2ccco2)CC1. The average molecular weight is 378 g/mol. The molecule has 1 aliphatic heterocycles. The number of imidazole rings is 1. The molecular weight excluding hydrogens is 356 g/mol. The minimum absolute atomic E-state index is 0.108. The Kier molecular flexibility index (Phi) is 4.97. The van der Waals surface area contributed by atoms with Crippen LogP contribution < -0.4 is 0 Å². The second kappa shape index (κ2) is 7.72. The summed E-state index contributed by atoms with van der Waals surface area (Å²) in [4.78, 5) is 36.8. The molecule has 28 heavy (non-hydrogen) atoms. The Morgan fingerprint density at radius 3 is 2.36 bits per heavy atom. The van der Waals surface area contributed by atoms with Gasteiger partial charge in [0.2, 0.25) is 0 Å². The van der Waals surface area contributed by atoms with Crippen LogP contribution in [0, 0.1) is 6.92 Å². The number of nitrogens with one attached hydrogen (secondary N) is 1. The number of rotatable bonds is 3. The van der Waals surface area contributed by atoms with Crippen molar-refractivity contribution in [3.05, 3.63) is 65.9 Å². The summed E-state index contributed by atoms with van der Waals surface area (Å²) in [5.41, 5.74) is 2.12. The quantitative estimate of drug-likeness (QED) is 0.760. The number of carbonyl (C=O) groups is 2. The standard InChI is InChI=1S/C21H22N4O3/c1-15-18(23-19(22-15)16-7-3-2-4-8-16)21(27)25-11-6-10-24(12-13-25)20(26)17-9-5-14-28-17/h2-5,7-9,14H,6,10-13H2,1H3,(H,22,23). The number of aromatic amines is 1. The second-order valence-corrected chi connectivity index (χ2v) is 6.84. The van der Waals surface area contributed by atoms with Crippen LogP contribution in [0.5, 0.6) is 0 Å². The van der Waals surface area contributed by atoms with Gasteiger partial charge in [-0.25, -0.2) is 4.98 Å². The highest BCUT2D eigenvalue weighted by Crippen LogP contribution is 2.19. The topological polar surface area (TPSA) is 82.4 Å². The number of aryl methyl sites for hydroxylation is 1. The lowest BCUT2D eigenvalue weighted by molar-refractivity contribution is 0.0698. The minimum Gasteiger partial charge on any atom is -0.459 e. The van der Waals surface area contributed by atoms with E-state index in [1.54, 1.807) is 21.9 Å². The third-order valence-electron chi connectivity index (χ3n) is 4.94. The van der Waals surface area contributed by atoms with Gasteiger partial charge < -0.3 is 19.2 Å². The zero-order valence-electron chi connectivity index (χ0n) is 15.7. The van der Waals surface area contributed by atoms with Crippen LogP contribution in [-0.4, -0.2) is 57.8 Å². The molecule has 0 radical (unpaired) electrons. The average Bonchev–Trinajstić information content (AvgIpc) is 3.32. The molecule has 144 valence electrons. The van der Waals surface area contributed by atoms with Gasteiger partial charge in [0, 0.05) is 37.4 Å². The van der Waals surface area contributed by atoms with E-state index in [9.17, 15) is 9.59 Å². The zero-order chi connectivity index (χ0) is 19.5. The predicted molar refractivity (Wildman–Crippen MR) is 104 cm³/mol. The van der Waals surface area contributed by atoms with Gasteiger partial charge in [0.15, 0.2) is 5.76 Å². The Morgan fingerprint density at radius 1 is 0.964 bits per heavy atom. The molecule has 2 aromatic heterocycles. The van der Waals surface area contributed by atoms with Crippen LogP contribution >= 0.6 is 0 Å². The van der Waals surface area contributed by atoms with Crippen molar-refractivity contribution in [2.75, 3.05) is 26.2 Å². The van der Waals surface area contributed by atoms with Crippen molar-refractivity contribution in [3.8, 4) is 11.4 Å². The Labute approximate surface area is 163 Å². The van der Waals surface area contributed by atoms with E-state index >= 15 is 0 Å². The largest absolute Gasteiger partial charge is 0.459 e. The number of carbonyl (C=O) groups excluding carboxylic acids is 2. The predicted octanol–water partition coefficient (Wildman–Crippen LogP) is 2.97. The molecule has 0 spiro atoms. The van der Waals surface area contributed by atoms with E-state index in [1.807, 2.05) is 37.3 Å². The normalized spacial score (nSPS) is 14.8. The molecule has 1 fully saturated rings. The van der Waals surface area contributed by atoms with Crippen molar-refractivity contribution in [2.45, 2.75) is 13.3 Å². The van der Waals surface area contributed by atoms with Gasteiger partial charge in [0.1, 0.15) is 11.5 Å². The van der Waals surface area contributed by atoms with Crippen LogP contribution in [0.1, 0.15) is 33.2 Å². The third-order valence-corrected chi connectivity index (χ3v) is 4.94. The highest BCUT2D eigenvalue weighted by atomic mass is 16.3. The fourth-order valence-corrected chi connectivity index (χ4v) is 3.43. The first-order valence-corrected chi connectivity index (χ1v) is 9.37. The summed E-state index contributed by atoms with van der Waals surface area (Å²) in [5, 5.41) is 0. The molecule has 0 bridgehead atoms. The molecule has 1 aliphatic rings. The zero-order valence-corrected chi connectivity index (χ0v) is 15.7. The summed E-state index contributed by atoms with van der Waals surface area (Å²) in [6.45, 7) is 3.99. The smallest absolute Gasteiger partial charge is 0.289 e. The molecule has 0 saturated carbocycles. The molecule has 1 N–H and O–H groups in total. The minimum atomic E-state index is -0.137. The molecule has 3 aromatic rings. The van der Waals surface area contributed by atoms with E-state index in [2.05, 4.69) is 9.97 Å². The van der Waals surface area contributed by atoms with Gasteiger partial charge in [0.05, 0.1) is 6.26 Å². The summed E-state index contributed by atoms with van der Waals surface area (Å²) in [6.07, 6.45) is 2.21. The molecule has 0 atom stereocenters. The lowest BCUT2D eigenvalue weighted by atomic mass is 10.2. The van der Waals surface area contributed by atoms with Gasteiger partial charge in [0.25, 0.3) is 11.8 Å². The molecule has 1 aromatic carbocycles. The Bertz CT molecular complexity index is 963. The molecule has 7 nitrogen and oxygen atoms in total. The fraction of sp³-hybridized carbons (Fsp3) is 0.286. The monoisotopic (exact) mass is 378 g/mol. The molecule has 4 rings (SSSR count). The first-order chi connectivity index (χ1) is 13.6. The van der Waals surface area contributed by atoms with E-state index in [0.717, 1.165) is 11.3 Å². The van der Waals surface area contributed by atoms with Crippen LogP contribution in [0.2, 0.25) is 0 Å². The highest BCUT2D eigenvalue weighted by molar-refractivity contribution is 5.94. The van der Waals surface area contributed by atoms with Gasteiger partial charge in [-0.2, -0.15) is 0 Å². The summed E-state index contributed by atoms with van der Waals surface area (Å²) < 4.78 is 5.21. The van der Waals surface area contributed by atoms with Crippen molar-refractivity contribution >= 4 is 11.8 Å². The maximum Gasteiger partial charge on any atom is 0.289 e. The van der Waals surface area contributed by atoms with Crippen molar-refractivity contribution in [1.82, 2.24) is 19.8 Å². The number of hydrogen-bond donors (Lipinski definition) is 1. The molecule has 0 unspecified atom stereocenters. The van der Waals surface area contributed by atoms with Gasteiger partial charge in [-0.05, 0) is 25.5 Å². The maximum absolute atomic E-state index is 13.0. The van der Waals surface area contributed by atoms with Gasteiger partial charge in [-0.15, -0.1) is 0 Å². The van der Waals surface area contributed by atoms with Gasteiger partial charge in [-0.1, -0.05) is 30.3 Å².